The second-order valence-corrected chi connectivity index (χ2v) is 6.38. The lowest BCUT2D eigenvalue weighted by Gasteiger charge is -2.07. The van der Waals surface area contributed by atoms with Crippen LogP contribution in [0.1, 0.15) is 15.9 Å². The molecule has 29 heavy (non-hydrogen) atoms. The smallest absolute Gasteiger partial charge is 0.392 e. The molecular weight excluding hydrogens is 372 g/mol. The van der Waals surface area contributed by atoms with Crippen molar-refractivity contribution in [1.82, 2.24) is 9.38 Å². The molecule has 1 N–H and O–H groups in total. The maximum atomic E-state index is 12.3. The molecule has 0 bridgehead atoms. The number of rotatable bonds is 5. The van der Waals surface area contributed by atoms with Crippen molar-refractivity contribution in [3.05, 3.63) is 94.2 Å². The topological polar surface area (TPSA) is 98.8 Å². The predicted molar refractivity (Wildman–Crippen MR) is 107 cm³/mol. The molecule has 0 saturated heterocycles. The van der Waals surface area contributed by atoms with E-state index in [2.05, 4.69) is 10.3 Å². The van der Waals surface area contributed by atoms with Gasteiger partial charge in [-0.1, -0.05) is 23.8 Å². The standard InChI is InChI=1S/C21H16N4O4/c1-14-5-4-6-15(13-14)19(26)22-16-8-10-17(11-9-16)29-20-21(25(27)28)24-12-3-2-7-18(24)23-20/h2-13H,1H3,(H,22,26). The molecule has 0 radical (unpaired) electrons. The Morgan fingerprint density at radius 2 is 1.90 bits per heavy atom. The van der Waals surface area contributed by atoms with E-state index >= 15 is 0 Å². The summed E-state index contributed by atoms with van der Waals surface area (Å²) in [5.41, 5.74) is 2.55. The maximum Gasteiger partial charge on any atom is 0.392 e. The number of anilines is 1. The molecule has 0 fully saturated rings. The van der Waals surface area contributed by atoms with E-state index in [1.807, 2.05) is 19.1 Å². The van der Waals surface area contributed by atoms with Gasteiger partial charge in [-0.05, 0) is 54.3 Å². The molecule has 0 aliphatic carbocycles. The summed E-state index contributed by atoms with van der Waals surface area (Å²) < 4.78 is 6.98. The molecule has 0 spiro atoms. The van der Waals surface area contributed by atoms with Gasteiger partial charge in [-0.25, -0.2) is 0 Å². The van der Waals surface area contributed by atoms with Crippen molar-refractivity contribution in [1.29, 1.82) is 0 Å². The molecule has 1 amide bonds. The van der Waals surface area contributed by atoms with E-state index in [-0.39, 0.29) is 17.6 Å². The number of amides is 1. The van der Waals surface area contributed by atoms with Gasteiger partial charge in [-0.2, -0.15) is 9.38 Å². The molecule has 4 aromatic rings. The number of nitrogens with one attached hydrogen (secondary N) is 1. The van der Waals surface area contributed by atoms with Crippen molar-refractivity contribution < 1.29 is 14.5 Å². The van der Waals surface area contributed by atoms with Crippen LogP contribution in [-0.4, -0.2) is 20.2 Å². The summed E-state index contributed by atoms with van der Waals surface area (Å²) in [5.74, 6) is -0.210. The number of hydrogen-bond donors (Lipinski definition) is 1. The molecule has 2 aromatic heterocycles. The summed E-state index contributed by atoms with van der Waals surface area (Å²) in [6.45, 7) is 1.92. The number of aryl methyl sites for hydroxylation is 1. The second kappa shape index (κ2) is 7.43. The summed E-state index contributed by atoms with van der Waals surface area (Å²) in [6, 6.07) is 18.9. The summed E-state index contributed by atoms with van der Waals surface area (Å²) in [6.07, 6.45) is 1.55. The van der Waals surface area contributed by atoms with Gasteiger partial charge in [0, 0.05) is 17.3 Å². The third-order valence-corrected chi connectivity index (χ3v) is 4.25. The van der Waals surface area contributed by atoms with E-state index < -0.39 is 4.92 Å². The van der Waals surface area contributed by atoms with Crippen LogP contribution in [0.25, 0.3) is 5.65 Å². The molecule has 0 atom stereocenters. The van der Waals surface area contributed by atoms with Gasteiger partial charge in [0.25, 0.3) is 5.91 Å². The van der Waals surface area contributed by atoms with Gasteiger partial charge in [-0.15, -0.1) is 0 Å². The Labute approximate surface area is 165 Å². The lowest BCUT2D eigenvalue weighted by Crippen LogP contribution is -2.11. The third kappa shape index (κ3) is 3.77. The number of benzene rings is 2. The second-order valence-electron chi connectivity index (χ2n) is 6.38. The molecule has 144 valence electrons. The number of carbonyl (C=O) groups is 1. The minimum absolute atomic E-state index is 0.0993. The number of ether oxygens (including phenoxy) is 1. The minimum Gasteiger partial charge on any atom is -0.433 e. The number of pyridine rings is 1. The van der Waals surface area contributed by atoms with E-state index in [1.54, 1.807) is 60.8 Å². The van der Waals surface area contributed by atoms with Crippen LogP contribution in [0.4, 0.5) is 11.5 Å². The Balaban J connectivity index is 1.53. The van der Waals surface area contributed by atoms with Gasteiger partial charge >= 0.3 is 11.7 Å². The number of imidazole rings is 1. The number of carbonyl (C=O) groups excluding carboxylic acids is 1. The van der Waals surface area contributed by atoms with Crippen LogP contribution < -0.4 is 10.1 Å². The molecule has 0 aliphatic heterocycles. The summed E-state index contributed by atoms with van der Waals surface area (Å²) >= 11 is 0. The highest BCUT2D eigenvalue weighted by molar-refractivity contribution is 6.04. The molecule has 8 heteroatoms. The lowest BCUT2D eigenvalue weighted by atomic mass is 10.1. The van der Waals surface area contributed by atoms with Crippen LogP contribution in [0.2, 0.25) is 0 Å². The van der Waals surface area contributed by atoms with Crippen LogP contribution in [0.5, 0.6) is 11.6 Å². The minimum atomic E-state index is -0.536. The van der Waals surface area contributed by atoms with Crippen LogP contribution in [-0.2, 0) is 0 Å². The average Bonchev–Trinajstić information content (AvgIpc) is 3.07. The highest BCUT2D eigenvalue weighted by Crippen LogP contribution is 2.32. The molecule has 4 rings (SSSR count). The predicted octanol–water partition coefficient (Wildman–Crippen LogP) is 4.60. The number of fused-ring (bicyclic) bond motifs is 1. The largest absolute Gasteiger partial charge is 0.433 e. The first-order valence-corrected chi connectivity index (χ1v) is 8.79. The molecule has 0 unspecified atom stereocenters. The first-order chi connectivity index (χ1) is 14.0. The van der Waals surface area contributed by atoms with Gasteiger partial charge < -0.3 is 20.2 Å². The third-order valence-electron chi connectivity index (χ3n) is 4.25. The summed E-state index contributed by atoms with van der Waals surface area (Å²) in [4.78, 5) is 27.4. The van der Waals surface area contributed by atoms with Crippen LogP contribution in [0, 0.1) is 17.0 Å². The molecule has 2 aromatic carbocycles. The van der Waals surface area contributed by atoms with Gasteiger partial charge in [0.15, 0.2) is 0 Å². The van der Waals surface area contributed by atoms with Gasteiger partial charge in [0.05, 0.1) is 6.20 Å². The number of hydrogen-bond acceptors (Lipinski definition) is 5. The first kappa shape index (κ1) is 18.2. The zero-order valence-corrected chi connectivity index (χ0v) is 15.4. The van der Waals surface area contributed by atoms with E-state index in [0.29, 0.717) is 22.6 Å². The van der Waals surface area contributed by atoms with E-state index in [4.69, 9.17) is 4.74 Å². The maximum absolute atomic E-state index is 12.3. The zero-order valence-electron chi connectivity index (χ0n) is 15.4. The van der Waals surface area contributed by atoms with E-state index in [9.17, 15) is 14.9 Å². The lowest BCUT2D eigenvalue weighted by molar-refractivity contribution is -0.391. The Kier molecular flexibility index (Phi) is 4.66. The van der Waals surface area contributed by atoms with Crippen molar-refractivity contribution in [2.75, 3.05) is 5.32 Å². The molecular formula is C21H16N4O4. The highest BCUT2D eigenvalue weighted by Gasteiger charge is 2.24. The van der Waals surface area contributed by atoms with Gasteiger partial charge in [-0.3, -0.25) is 4.79 Å². The summed E-state index contributed by atoms with van der Waals surface area (Å²) in [7, 11) is 0. The number of nitrogens with zero attached hydrogens (tertiary/aromatic N) is 3. The Morgan fingerprint density at radius 1 is 1.10 bits per heavy atom. The van der Waals surface area contributed by atoms with Crippen molar-refractivity contribution in [2.24, 2.45) is 0 Å². The molecule has 0 saturated carbocycles. The van der Waals surface area contributed by atoms with Crippen molar-refractivity contribution in [3.8, 4) is 11.6 Å². The zero-order chi connectivity index (χ0) is 20.4. The highest BCUT2D eigenvalue weighted by atomic mass is 16.6. The fraction of sp³-hybridized carbons (Fsp3) is 0.0476. The molecule has 0 aliphatic rings. The average molecular weight is 388 g/mol. The van der Waals surface area contributed by atoms with Gasteiger partial charge in [0.1, 0.15) is 5.75 Å². The van der Waals surface area contributed by atoms with Crippen LogP contribution in [0.15, 0.2) is 72.9 Å². The summed E-state index contributed by atoms with van der Waals surface area (Å²) in [5, 5.41) is 14.2. The molecule has 8 nitrogen and oxygen atoms in total. The van der Waals surface area contributed by atoms with E-state index in [1.165, 1.54) is 4.40 Å². The van der Waals surface area contributed by atoms with Crippen LogP contribution in [0.3, 0.4) is 0 Å². The number of aromatic nitrogens is 2. The monoisotopic (exact) mass is 388 g/mol. The van der Waals surface area contributed by atoms with E-state index in [0.717, 1.165) is 5.56 Å². The fourth-order valence-electron chi connectivity index (χ4n) is 2.90. The molecule has 2 heterocycles. The van der Waals surface area contributed by atoms with Crippen molar-refractivity contribution in [3.63, 3.8) is 0 Å². The number of nitro groups is 1. The Bertz CT molecular complexity index is 1220. The Morgan fingerprint density at radius 3 is 2.62 bits per heavy atom. The SMILES string of the molecule is Cc1cccc(C(=O)Nc2ccc(Oc3nc4ccccn4c3[N+](=O)[O-])cc2)c1. The Hall–Kier alpha value is -4.20. The quantitative estimate of drug-likeness (QED) is 0.398. The normalized spacial score (nSPS) is 10.7. The first-order valence-electron chi connectivity index (χ1n) is 8.79. The van der Waals surface area contributed by atoms with Crippen molar-refractivity contribution in [2.45, 2.75) is 6.92 Å². The van der Waals surface area contributed by atoms with Crippen LogP contribution >= 0.6 is 0 Å². The van der Waals surface area contributed by atoms with Crippen molar-refractivity contribution >= 4 is 23.1 Å². The fourth-order valence-corrected chi connectivity index (χ4v) is 2.90. The van der Waals surface area contributed by atoms with Gasteiger partial charge in [0.2, 0.25) is 5.65 Å².